The minimum absolute atomic E-state index is 0.194. The van der Waals surface area contributed by atoms with Crippen molar-refractivity contribution < 1.29 is 0 Å². The van der Waals surface area contributed by atoms with Crippen LogP contribution in [0.4, 0.5) is 0 Å². The maximum Gasteiger partial charge on any atom is 0.260 e. The lowest BCUT2D eigenvalue weighted by atomic mass is 9.96. The second kappa shape index (κ2) is 3.69. The van der Waals surface area contributed by atoms with Gasteiger partial charge in [-0.2, -0.15) is 0 Å². The first-order valence-electron chi connectivity index (χ1n) is 4.92. The van der Waals surface area contributed by atoms with Gasteiger partial charge >= 0.3 is 0 Å². The molecule has 0 aromatic carbocycles. The van der Waals surface area contributed by atoms with Crippen molar-refractivity contribution in [1.29, 1.82) is 0 Å². The first-order chi connectivity index (χ1) is 7.95. The van der Waals surface area contributed by atoms with Crippen molar-refractivity contribution in [3.8, 4) is 0 Å². The summed E-state index contributed by atoms with van der Waals surface area (Å²) in [5.74, 6) is 0. The van der Waals surface area contributed by atoms with Crippen molar-refractivity contribution in [3.05, 3.63) is 55.4 Å². The van der Waals surface area contributed by atoms with Gasteiger partial charge < -0.3 is 13.8 Å². The van der Waals surface area contributed by atoms with Crippen LogP contribution in [0, 0.1) is 0 Å². The van der Waals surface area contributed by atoms with E-state index in [1.165, 1.54) is 0 Å². The Hall–Kier alpha value is -2.31. The van der Waals surface area contributed by atoms with Crippen molar-refractivity contribution in [2.45, 2.75) is 0 Å². The third-order valence-electron chi connectivity index (χ3n) is 2.28. The van der Waals surface area contributed by atoms with Gasteiger partial charge in [0, 0.05) is 18.6 Å². The van der Waals surface area contributed by atoms with E-state index in [-0.39, 0.29) is 7.12 Å². The summed E-state index contributed by atoms with van der Waals surface area (Å²) in [6.45, 7) is 0. The van der Waals surface area contributed by atoms with Gasteiger partial charge in [0.05, 0.1) is 0 Å². The molecule has 3 rings (SSSR count). The Kier molecular flexibility index (Phi) is 2.07. The fraction of sp³-hybridized carbons (Fsp3) is 0. The zero-order valence-electron chi connectivity index (χ0n) is 8.46. The Morgan fingerprint density at radius 3 is 1.25 bits per heavy atom. The summed E-state index contributed by atoms with van der Waals surface area (Å²) >= 11 is 0. The molecule has 0 bridgehead atoms. The topological polar surface area (TPSA) is 53.5 Å². The van der Waals surface area contributed by atoms with E-state index in [1.807, 2.05) is 36.8 Å². The van der Waals surface area contributed by atoms with Crippen LogP contribution in [0.5, 0.6) is 0 Å². The maximum atomic E-state index is 4.22. The van der Waals surface area contributed by atoms with E-state index in [0.29, 0.717) is 0 Å². The van der Waals surface area contributed by atoms with Gasteiger partial charge in [-0.15, -0.1) is 0 Å². The molecule has 0 aliphatic heterocycles. The second-order valence-corrected chi connectivity index (χ2v) is 3.30. The van der Waals surface area contributed by atoms with Crippen LogP contribution in [0.2, 0.25) is 0 Å². The summed E-state index contributed by atoms with van der Waals surface area (Å²) in [7, 11) is -0.194. The molecule has 0 fully saturated rings. The molecule has 3 aromatic rings. The fourth-order valence-electron chi connectivity index (χ4n) is 1.62. The lowest BCUT2D eigenvalue weighted by Crippen LogP contribution is -2.42. The molecular weight excluding hydrogens is 203 g/mol. The van der Waals surface area contributed by atoms with Crippen molar-refractivity contribution >= 4 is 7.12 Å². The largest absolute Gasteiger partial charge is 0.425 e. The van der Waals surface area contributed by atoms with Crippen LogP contribution in [0.1, 0.15) is 0 Å². The van der Waals surface area contributed by atoms with Gasteiger partial charge in [-0.1, -0.05) is 0 Å². The summed E-state index contributed by atoms with van der Waals surface area (Å²) in [6, 6.07) is 5.62. The molecule has 0 atom stereocenters. The van der Waals surface area contributed by atoms with Gasteiger partial charge in [-0.05, 0) is 36.8 Å². The molecule has 79 valence electrons. The van der Waals surface area contributed by atoms with Crippen molar-refractivity contribution in [1.82, 2.24) is 29.1 Å². The van der Waals surface area contributed by atoms with Crippen LogP contribution >= 0.6 is 0 Å². The summed E-state index contributed by atoms with van der Waals surface area (Å²) in [4.78, 5) is 0. The Morgan fingerprint density at radius 1 is 0.625 bits per heavy atom. The zero-order chi connectivity index (χ0) is 10.8. The van der Waals surface area contributed by atoms with Gasteiger partial charge in [-0.3, -0.25) is 0 Å². The van der Waals surface area contributed by atoms with E-state index < -0.39 is 0 Å². The van der Waals surface area contributed by atoms with E-state index in [2.05, 4.69) is 15.3 Å². The first-order valence-corrected chi connectivity index (χ1v) is 4.92. The normalized spacial score (nSPS) is 11.1. The van der Waals surface area contributed by atoms with E-state index in [9.17, 15) is 0 Å². The Morgan fingerprint density at radius 2 is 1.00 bits per heavy atom. The van der Waals surface area contributed by atoms with Gasteiger partial charge in [0.25, 0.3) is 7.12 Å². The van der Waals surface area contributed by atoms with E-state index >= 15 is 0 Å². The summed E-state index contributed by atoms with van der Waals surface area (Å²) in [5, 5.41) is 12.7. The third kappa shape index (κ3) is 1.42. The highest BCUT2D eigenvalue weighted by atomic mass is 15.4. The summed E-state index contributed by atoms with van der Waals surface area (Å²) < 4.78 is 5.38. The Labute approximate surface area is 92.3 Å². The van der Waals surface area contributed by atoms with Crippen LogP contribution in [0.15, 0.2) is 55.4 Å². The highest BCUT2D eigenvalue weighted by Gasteiger charge is 2.07. The number of rotatable bonds is 3. The molecule has 16 heavy (non-hydrogen) atoms. The Bertz CT molecular complexity index is 445. The number of nitrogens with zero attached hydrogens (tertiary/aromatic N) is 6. The van der Waals surface area contributed by atoms with Gasteiger partial charge in [-0.25, -0.2) is 15.3 Å². The van der Waals surface area contributed by atoms with E-state index in [0.717, 1.165) is 0 Å². The van der Waals surface area contributed by atoms with E-state index in [4.69, 9.17) is 0 Å². The number of hydrogen-bond acceptors (Lipinski definition) is 3. The molecule has 0 saturated heterocycles. The van der Waals surface area contributed by atoms with Crippen LogP contribution in [0.3, 0.4) is 0 Å². The monoisotopic (exact) mass is 212 g/mol. The molecule has 0 N–H and O–H groups in total. The molecule has 0 aliphatic carbocycles. The minimum atomic E-state index is -0.194. The van der Waals surface area contributed by atoms with Crippen LogP contribution < -0.4 is 0 Å². The molecular formula is C9H9BN6-. The van der Waals surface area contributed by atoms with Crippen molar-refractivity contribution in [3.63, 3.8) is 0 Å². The molecule has 0 spiro atoms. The minimum Gasteiger partial charge on any atom is -0.425 e. The van der Waals surface area contributed by atoms with Crippen LogP contribution in [-0.2, 0) is 0 Å². The predicted octanol–water partition coefficient (Wildman–Crippen LogP) is 0.206. The van der Waals surface area contributed by atoms with Gasteiger partial charge in [0.2, 0.25) is 0 Å². The average molecular weight is 212 g/mol. The first kappa shape index (κ1) is 8.96. The smallest absolute Gasteiger partial charge is 0.260 e. The predicted molar refractivity (Wildman–Crippen MR) is 58.6 cm³/mol. The SMILES string of the molecule is c1cnn([B-](n2cccn2)n2cccn2)c1. The van der Waals surface area contributed by atoms with Crippen molar-refractivity contribution in [2.24, 2.45) is 0 Å². The highest BCUT2D eigenvalue weighted by Crippen LogP contribution is 1.97. The molecule has 0 unspecified atom stereocenters. The zero-order valence-corrected chi connectivity index (χ0v) is 8.46. The van der Waals surface area contributed by atoms with Crippen molar-refractivity contribution in [2.75, 3.05) is 0 Å². The van der Waals surface area contributed by atoms with Gasteiger partial charge in [0.15, 0.2) is 0 Å². The maximum absolute atomic E-state index is 4.22. The highest BCUT2D eigenvalue weighted by molar-refractivity contribution is 6.52. The lowest BCUT2D eigenvalue weighted by Gasteiger charge is -2.29. The summed E-state index contributed by atoms with van der Waals surface area (Å²) in [5.41, 5.74) is 0. The third-order valence-corrected chi connectivity index (χ3v) is 2.28. The van der Waals surface area contributed by atoms with E-state index in [1.54, 1.807) is 32.4 Å². The number of hydrogen-bond donors (Lipinski definition) is 0. The molecule has 1 radical (unpaired) electrons. The number of aromatic nitrogens is 6. The molecule has 3 heterocycles. The molecule has 0 aliphatic rings. The molecule has 6 nitrogen and oxygen atoms in total. The second-order valence-electron chi connectivity index (χ2n) is 3.30. The quantitative estimate of drug-likeness (QED) is 0.583. The molecule has 0 amide bonds. The van der Waals surface area contributed by atoms with Gasteiger partial charge in [0.1, 0.15) is 0 Å². The van der Waals surface area contributed by atoms with Crippen LogP contribution in [0.25, 0.3) is 0 Å². The molecule has 0 saturated carbocycles. The van der Waals surface area contributed by atoms with Crippen LogP contribution in [-0.4, -0.2) is 36.2 Å². The lowest BCUT2D eigenvalue weighted by molar-refractivity contribution is 0.771. The Balaban J connectivity index is 2.09. The molecule has 7 heteroatoms. The average Bonchev–Trinajstić information content (AvgIpc) is 3.02. The standard InChI is InChI=1S/C9H9BN6/c1-4-11-14(7-1)10(15-8-2-5-12-15)16-9-3-6-13-16/h1-9H/q-1. The fourth-order valence-corrected chi connectivity index (χ4v) is 1.62. The summed E-state index contributed by atoms with van der Waals surface area (Å²) in [6.07, 6.45) is 10.9. The molecule has 3 aromatic heterocycles.